The predicted molar refractivity (Wildman–Crippen MR) is 113 cm³/mol. The Morgan fingerprint density at radius 3 is 2.48 bits per heavy atom. The number of likely N-dealkylation sites (tertiary alicyclic amines) is 1. The molecular formula is C23H28N2O4. The number of aromatic nitrogens is 1. The molecule has 1 fully saturated rings. The van der Waals surface area contributed by atoms with Gasteiger partial charge in [-0.3, -0.25) is 4.79 Å². The molecule has 29 heavy (non-hydrogen) atoms. The van der Waals surface area contributed by atoms with Gasteiger partial charge >= 0.3 is 5.97 Å². The van der Waals surface area contributed by atoms with Crippen LogP contribution in [0.2, 0.25) is 0 Å². The lowest BCUT2D eigenvalue weighted by molar-refractivity contribution is -0.133. The second kappa shape index (κ2) is 11.6. The number of hydrogen-bond donors (Lipinski definition) is 1. The van der Waals surface area contributed by atoms with E-state index in [-0.39, 0.29) is 5.91 Å². The van der Waals surface area contributed by atoms with Crippen molar-refractivity contribution in [2.75, 3.05) is 20.7 Å². The van der Waals surface area contributed by atoms with E-state index in [1.54, 1.807) is 7.05 Å². The number of ether oxygens (including phenoxy) is 1. The number of terminal acetylenes is 1. The molecule has 0 saturated carbocycles. The van der Waals surface area contributed by atoms with Crippen molar-refractivity contribution >= 4 is 11.9 Å². The van der Waals surface area contributed by atoms with E-state index in [1.807, 2.05) is 57.2 Å². The van der Waals surface area contributed by atoms with E-state index < -0.39 is 12.1 Å². The average Bonchev–Trinajstić information content (AvgIpc) is 3.06. The molecule has 0 aliphatic carbocycles. The zero-order valence-electron chi connectivity index (χ0n) is 17.6. The van der Waals surface area contributed by atoms with Crippen molar-refractivity contribution in [2.45, 2.75) is 33.3 Å². The number of likely N-dealkylation sites (N-methyl/N-ethyl adjacent to an activating group) is 1. The van der Waals surface area contributed by atoms with E-state index in [4.69, 9.17) is 16.3 Å². The zero-order valence-corrected chi connectivity index (χ0v) is 17.6. The first-order chi connectivity index (χ1) is 13.9. The summed E-state index contributed by atoms with van der Waals surface area (Å²) in [6.45, 7) is 6.51. The van der Waals surface area contributed by atoms with Crippen LogP contribution in [0.25, 0.3) is 11.3 Å². The van der Waals surface area contributed by atoms with Crippen LogP contribution >= 0.6 is 0 Å². The lowest BCUT2D eigenvalue weighted by Crippen LogP contribution is -2.24. The van der Waals surface area contributed by atoms with Gasteiger partial charge in [-0.05, 0) is 37.1 Å². The van der Waals surface area contributed by atoms with Gasteiger partial charge in [-0.2, -0.15) is 0 Å². The molecule has 1 aliphatic rings. The molecule has 0 bridgehead atoms. The number of carbonyl (C=O) groups excluding carboxylic acids is 2. The van der Waals surface area contributed by atoms with Gasteiger partial charge in [0.05, 0.1) is 12.8 Å². The second-order valence-corrected chi connectivity index (χ2v) is 6.14. The molecule has 2 heterocycles. The molecule has 1 N–H and O–H groups in total. The SMILES string of the molecule is C#Cc1cccc(-c2ccc(C)c(C(=O)OC)n2)c1.CC.CN1CCC(O)C1=O. The number of methoxy groups -OCH3 is 1. The van der Waals surface area contributed by atoms with Gasteiger partial charge in [0.2, 0.25) is 0 Å². The van der Waals surface area contributed by atoms with Crippen LogP contribution in [0.15, 0.2) is 36.4 Å². The number of hydrogen-bond acceptors (Lipinski definition) is 5. The van der Waals surface area contributed by atoms with E-state index in [9.17, 15) is 9.59 Å². The van der Waals surface area contributed by atoms with Crippen molar-refractivity contribution in [3.63, 3.8) is 0 Å². The van der Waals surface area contributed by atoms with E-state index in [0.29, 0.717) is 24.4 Å². The third kappa shape index (κ3) is 6.44. The van der Waals surface area contributed by atoms with Gasteiger partial charge in [0.25, 0.3) is 5.91 Å². The molecule has 1 atom stereocenters. The van der Waals surface area contributed by atoms with Crippen molar-refractivity contribution < 1.29 is 19.4 Å². The van der Waals surface area contributed by atoms with Crippen LogP contribution in [-0.2, 0) is 9.53 Å². The summed E-state index contributed by atoms with van der Waals surface area (Å²) in [6, 6.07) is 11.2. The molecule has 1 saturated heterocycles. The fourth-order valence-corrected chi connectivity index (χ4v) is 2.57. The Bertz CT molecular complexity index is 875. The summed E-state index contributed by atoms with van der Waals surface area (Å²) in [5, 5.41) is 8.78. The van der Waals surface area contributed by atoms with Gasteiger partial charge in [0, 0.05) is 24.7 Å². The second-order valence-electron chi connectivity index (χ2n) is 6.14. The Balaban J connectivity index is 0.000000351. The molecule has 1 aromatic carbocycles. The standard InChI is InChI=1S/C16H13NO2.C5H9NO2.C2H6/c1-4-12-6-5-7-13(10-12)14-9-8-11(2)15(17-14)16(18)19-3;1-6-3-2-4(7)5(6)8;1-2/h1,5-10H,2-3H3;4,7H,2-3H2,1H3;1-2H3. The van der Waals surface area contributed by atoms with Gasteiger partial charge in [-0.1, -0.05) is 38.0 Å². The Morgan fingerprint density at radius 2 is 2.00 bits per heavy atom. The quantitative estimate of drug-likeness (QED) is 0.623. The lowest BCUT2D eigenvalue weighted by Gasteiger charge is -2.07. The third-order valence-electron chi connectivity index (χ3n) is 4.20. The number of rotatable bonds is 2. The van der Waals surface area contributed by atoms with Crippen LogP contribution in [-0.4, -0.2) is 53.7 Å². The highest BCUT2D eigenvalue weighted by Crippen LogP contribution is 2.20. The van der Waals surface area contributed by atoms with Crippen LogP contribution in [0, 0.1) is 19.3 Å². The fraction of sp³-hybridized carbons (Fsp3) is 0.348. The van der Waals surface area contributed by atoms with Crippen LogP contribution in [0.1, 0.15) is 41.9 Å². The number of pyridine rings is 1. The summed E-state index contributed by atoms with van der Waals surface area (Å²) in [5.74, 6) is 1.99. The minimum Gasteiger partial charge on any atom is -0.464 e. The minimum absolute atomic E-state index is 0.148. The molecule has 154 valence electrons. The summed E-state index contributed by atoms with van der Waals surface area (Å²) < 4.78 is 4.72. The molecule has 1 unspecified atom stereocenters. The highest BCUT2D eigenvalue weighted by molar-refractivity contribution is 5.89. The number of aliphatic hydroxyl groups is 1. The summed E-state index contributed by atoms with van der Waals surface area (Å²) >= 11 is 0. The van der Waals surface area contributed by atoms with Gasteiger partial charge < -0.3 is 14.7 Å². The van der Waals surface area contributed by atoms with Crippen molar-refractivity contribution in [3.05, 3.63) is 53.2 Å². The maximum absolute atomic E-state index is 11.6. The summed E-state index contributed by atoms with van der Waals surface area (Å²) in [7, 11) is 3.04. The van der Waals surface area contributed by atoms with Crippen molar-refractivity contribution in [2.24, 2.45) is 0 Å². The highest BCUT2D eigenvalue weighted by Gasteiger charge is 2.25. The van der Waals surface area contributed by atoms with Gasteiger partial charge in [-0.25, -0.2) is 9.78 Å². The zero-order chi connectivity index (χ0) is 22.0. The third-order valence-corrected chi connectivity index (χ3v) is 4.20. The van der Waals surface area contributed by atoms with Crippen molar-refractivity contribution in [3.8, 4) is 23.6 Å². The molecule has 6 heteroatoms. The summed E-state index contributed by atoms with van der Waals surface area (Å²) in [5.41, 5.74) is 3.46. The summed E-state index contributed by atoms with van der Waals surface area (Å²) in [4.78, 5) is 28.1. The first kappa shape index (κ1) is 23.9. The first-order valence-electron chi connectivity index (χ1n) is 9.43. The van der Waals surface area contributed by atoms with Crippen LogP contribution < -0.4 is 0 Å². The maximum Gasteiger partial charge on any atom is 0.356 e. The van der Waals surface area contributed by atoms with Gasteiger partial charge in [-0.15, -0.1) is 6.42 Å². The Morgan fingerprint density at radius 1 is 1.31 bits per heavy atom. The minimum atomic E-state index is -0.722. The number of nitrogens with zero attached hydrogens (tertiary/aromatic N) is 2. The van der Waals surface area contributed by atoms with E-state index in [2.05, 4.69) is 10.9 Å². The maximum atomic E-state index is 11.6. The number of carbonyl (C=O) groups is 2. The molecule has 1 amide bonds. The Hall–Kier alpha value is -3.17. The van der Waals surface area contributed by atoms with Gasteiger partial charge in [0.15, 0.2) is 5.69 Å². The predicted octanol–water partition coefficient (Wildman–Crippen LogP) is 3.06. The first-order valence-corrected chi connectivity index (χ1v) is 9.43. The van der Waals surface area contributed by atoms with Crippen molar-refractivity contribution in [1.29, 1.82) is 0 Å². The largest absolute Gasteiger partial charge is 0.464 e. The van der Waals surface area contributed by atoms with E-state index in [1.165, 1.54) is 12.0 Å². The van der Waals surface area contributed by atoms with Crippen molar-refractivity contribution in [1.82, 2.24) is 9.88 Å². The highest BCUT2D eigenvalue weighted by atomic mass is 16.5. The van der Waals surface area contributed by atoms with E-state index >= 15 is 0 Å². The molecule has 1 aromatic heterocycles. The van der Waals surface area contributed by atoms with Gasteiger partial charge in [0.1, 0.15) is 6.10 Å². The molecule has 3 rings (SSSR count). The molecule has 0 radical (unpaired) electrons. The van der Waals surface area contributed by atoms with Crippen LogP contribution in [0.5, 0.6) is 0 Å². The normalized spacial score (nSPS) is 14.7. The molecule has 1 aliphatic heterocycles. The lowest BCUT2D eigenvalue weighted by atomic mass is 10.1. The number of amides is 1. The fourth-order valence-electron chi connectivity index (χ4n) is 2.57. The molecule has 2 aromatic rings. The number of aliphatic hydroxyl groups excluding tert-OH is 1. The molecule has 6 nitrogen and oxygen atoms in total. The number of benzene rings is 1. The van der Waals surface area contributed by atoms with E-state index in [0.717, 1.165) is 16.7 Å². The van der Waals surface area contributed by atoms with Crippen LogP contribution in [0.4, 0.5) is 0 Å². The smallest absolute Gasteiger partial charge is 0.356 e. The average molecular weight is 396 g/mol. The molecule has 0 spiro atoms. The Kier molecular flexibility index (Phi) is 9.57. The Labute approximate surface area is 172 Å². The number of aryl methyl sites for hydroxylation is 1. The number of esters is 1. The monoisotopic (exact) mass is 396 g/mol. The summed E-state index contributed by atoms with van der Waals surface area (Å²) in [6.07, 6.45) is 5.25. The topological polar surface area (TPSA) is 79.7 Å². The van der Waals surface area contributed by atoms with Crippen LogP contribution in [0.3, 0.4) is 0 Å². The molecular weight excluding hydrogens is 368 g/mol.